The summed E-state index contributed by atoms with van der Waals surface area (Å²) in [6.07, 6.45) is 0. The first-order valence-electron chi connectivity index (χ1n) is 9.10. The predicted octanol–water partition coefficient (Wildman–Crippen LogP) is 3.50. The zero-order chi connectivity index (χ0) is 20.9. The second-order valence-electron chi connectivity index (χ2n) is 6.53. The topological polar surface area (TPSA) is 81.9 Å². The van der Waals surface area contributed by atoms with Crippen LogP contribution in [0.4, 0.5) is 0 Å². The lowest BCUT2D eigenvalue weighted by atomic mass is 10.1. The standard InChI is InChI=1S/C21H24N2O5S/c1-16-8-10-18(11-9-16)29(24,25)23(12-13-26-2)15-17-14-21(28-22-17)19-6-4-5-7-20(19)27-3/h4-11,14H,12-13,15H2,1-3H3. The van der Waals surface area contributed by atoms with Crippen LogP contribution in [0, 0.1) is 6.92 Å². The molecule has 0 amide bonds. The lowest BCUT2D eigenvalue weighted by Gasteiger charge is -2.21. The predicted molar refractivity (Wildman–Crippen MR) is 109 cm³/mol. The summed E-state index contributed by atoms with van der Waals surface area (Å²) in [6, 6.07) is 15.9. The fourth-order valence-electron chi connectivity index (χ4n) is 2.88. The van der Waals surface area contributed by atoms with Gasteiger partial charge in [0, 0.05) is 19.7 Å². The average molecular weight is 416 g/mol. The Kier molecular flexibility index (Phi) is 6.68. The van der Waals surface area contributed by atoms with Crippen molar-refractivity contribution in [1.29, 1.82) is 0 Å². The van der Waals surface area contributed by atoms with Crippen LogP contribution in [0.2, 0.25) is 0 Å². The van der Waals surface area contributed by atoms with Crippen LogP contribution in [0.3, 0.4) is 0 Å². The number of nitrogens with zero attached hydrogens (tertiary/aromatic N) is 2. The Labute approximate surface area is 170 Å². The summed E-state index contributed by atoms with van der Waals surface area (Å²) in [5, 5.41) is 4.06. The Morgan fingerprint density at radius 1 is 1.07 bits per heavy atom. The monoisotopic (exact) mass is 416 g/mol. The highest BCUT2D eigenvalue weighted by molar-refractivity contribution is 7.89. The number of sulfonamides is 1. The lowest BCUT2D eigenvalue weighted by molar-refractivity contribution is 0.176. The van der Waals surface area contributed by atoms with E-state index in [9.17, 15) is 8.42 Å². The van der Waals surface area contributed by atoms with E-state index in [0.717, 1.165) is 11.1 Å². The van der Waals surface area contributed by atoms with E-state index in [0.29, 0.717) is 17.2 Å². The number of benzene rings is 2. The molecule has 0 saturated carbocycles. The summed E-state index contributed by atoms with van der Waals surface area (Å²) < 4.78 is 43.5. The van der Waals surface area contributed by atoms with Crippen molar-refractivity contribution >= 4 is 10.0 Å². The van der Waals surface area contributed by atoms with E-state index < -0.39 is 10.0 Å². The van der Waals surface area contributed by atoms with Crippen molar-refractivity contribution in [1.82, 2.24) is 9.46 Å². The number of ether oxygens (including phenoxy) is 2. The fraction of sp³-hybridized carbons (Fsp3) is 0.286. The maximum absolute atomic E-state index is 13.1. The van der Waals surface area contributed by atoms with Crippen molar-refractivity contribution in [3.63, 3.8) is 0 Å². The summed E-state index contributed by atoms with van der Waals surface area (Å²) >= 11 is 0. The molecule has 0 unspecified atom stereocenters. The van der Waals surface area contributed by atoms with E-state index in [1.165, 1.54) is 11.4 Å². The van der Waals surface area contributed by atoms with E-state index in [-0.39, 0.29) is 24.6 Å². The Bertz CT molecular complexity index is 1040. The van der Waals surface area contributed by atoms with Gasteiger partial charge in [-0.3, -0.25) is 0 Å². The zero-order valence-corrected chi connectivity index (χ0v) is 17.5. The zero-order valence-electron chi connectivity index (χ0n) is 16.7. The van der Waals surface area contributed by atoms with Gasteiger partial charge in [0.15, 0.2) is 5.76 Å². The summed E-state index contributed by atoms with van der Waals surface area (Å²) in [6.45, 7) is 2.44. The van der Waals surface area contributed by atoms with Crippen molar-refractivity contribution in [3.05, 3.63) is 65.9 Å². The first-order valence-corrected chi connectivity index (χ1v) is 10.5. The van der Waals surface area contributed by atoms with Gasteiger partial charge in [0.2, 0.25) is 10.0 Å². The number of hydrogen-bond donors (Lipinski definition) is 0. The molecule has 1 aromatic heterocycles. The van der Waals surface area contributed by atoms with Crippen LogP contribution >= 0.6 is 0 Å². The number of hydrogen-bond acceptors (Lipinski definition) is 6. The van der Waals surface area contributed by atoms with E-state index in [2.05, 4.69) is 5.16 Å². The summed E-state index contributed by atoms with van der Waals surface area (Å²) in [7, 11) is -0.595. The number of aromatic nitrogens is 1. The molecule has 29 heavy (non-hydrogen) atoms. The Balaban J connectivity index is 1.88. The van der Waals surface area contributed by atoms with Crippen LogP contribution < -0.4 is 4.74 Å². The fourth-order valence-corrected chi connectivity index (χ4v) is 4.27. The van der Waals surface area contributed by atoms with Gasteiger partial charge in [0.25, 0.3) is 0 Å². The first kappa shape index (κ1) is 21.0. The summed E-state index contributed by atoms with van der Waals surface area (Å²) in [5.74, 6) is 1.16. The van der Waals surface area contributed by atoms with E-state index in [1.807, 2.05) is 31.2 Å². The molecule has 0 N–H and O–H groups in total. The number of aryl methyl sites for hydroxylation is 1. The third-order valence-electron chi connectivity index (χ3n) is 4.47. The molecule has 3 aromatic rings. The molecule has 0 aliphatic heterocycles. The SMILES string of the molecule is COCCN(Cc1cc(-c2ccccc2OC)on1)S(=O)(=O)c1ccc(C)cc1. The van der Waals surface area contributed by atoms with Crippen molar-refractivity contribution < 1.29 is 22.4 Å². The highest BCUT2D eigenvalue weighted by atomic mass is 32.2. The molecular weight excluding hydrogens is 392 g/mol. The smallest absolute Gasteiger partial charge is 0.243 e. The highest BCUT2D eigenvalue weighted by Gasteiger charge is 2.26. The lowest BCUT2D eigenvalue weighted by Crippen LogP contribution is -2.33. The quantitative estimate of drug-likeness (QED) is 0.531. The van der Waals surface area contributed by atoms with E-state index in [4.69, 9.17) is 14.0 Å². The third kappa shape index (κ3) is 4.84. The van der Waals surface area contributed by atoms with Gasteiger partial charge in [0.05, 0.1) is 36.4 Å². The maximum Gasteiger partial charge on any atom is 0.243 e. The van der Waals surface area contributed by atoms with Crippen LogP contribution in [0.25, 0.3) is 11.3 Å². The molecule has 7 nitrogen and oxygen atoms in total. The van der Waals surface area contributed by atoms with E-state index in [1.54, 1.807) is 37.4 Å². The molecule has 0 spiro atoms. The van der Waals surface area contributed by atoms with Gasteiger partial charge in [0.1, 0.15) is 5.75 Å². The largest absolute Gasteiger partial charge is 0.496 e. The minimum absolute atomic E-state index is 0.0677. The Morgan fingerprint density at radius 3 is 2.48 bits per heavy atom. The van der Waals surface area contributed by atoms with Crippen molar-refractivity contribution in [2.75, 3.05) is 27.4 Å². The molecule has 0 saturated heterocycles. The van der Waals surface area contributed by atoms with Crippen molar-refractivity contribution in [3.8, 4) is 17.1 Å². The van der Waals surface area contributed by atoms with Gasteiger partial charge in [-0.1, -0.05) is 35.0 Å². The number of para-hydroxylation sites is 1. The normalized spacial score (nSPS) is 11.7. The number of rotatable bonds is 9. The van der Waals surface area contributed by atoms with Gasteiger partial charge in [-0.15, -0.1) is 0 Å². The van der Waals surface area contributed by atoms with Gasteiger partial charge in [-0.2, -0.15) is 4.31 Å². The third-order valence-corrected chi connectivity index (χ3v) is 6.33. The van der Waals surface area contributed by atoms with Crippen LogP contribution in [0.15, 0.2) is 64.0 Å². The maximum atomic E-state index is 13.1. The molecule has 1 heterocycles. The number of methoxy groups -OCH3 is 2. The molecule has 0 fully saturated rings. The second-order valence-corrected chi connectivity index (χ2v) is 8.47. The molecule has 0 aliphatic rings. The van der Waals surface area contributed by atoms with Gasteiger partial charge >= 0.3 is 0 Å². The minimum atomic E-state index is -3.71. The van der Waals surface area contributed by atoms with E-state index >= 15 is 0 Å². The van der Waals surface area contributed by atoms with Crippen LogP contribution in [0.5, 0.6) is 5.75 Å². The van der Waals surface area contributed by atoms with Crippen LogP contribution in [-0.2, 0) is 21.3 Å². The molecule has 2 aromatic carbocycles. The van der Waals surface area contributed by atoms with Gasteiger partial charge in [-0.05, 0) is 31.2 Å². The Hall–Kier alpha value is -2.68. The molecule has 0 bridgehead atoms. The second kappa shape index (κ2) is 9.21. The van der Waals surface area contributed by atoms with Crippen LogP contribution in [-0.4, -0.2) is 45.3 Å². The molecule has 0 atom stereocenters. The van der Waals surface area contributed by atoms with Crippen LogP contribution in [0.1, 0.15) is 11.3 Å². The van der Waals surface area contributed by atoms with Crippen molar-refractivity contribution in [2.45, 2.75) is 18.4 Å². The highest BCUT2D eigenvalue weighted by Crippen LogP contribution is 2.30. The molecule has 0 aliphatic carbocycles. The van der Waals surface area contributed by atoms with Gasteiger partial charge in [-0.25, -0.2) is 8.42 Å². The van der Waals surface area contributed by atoms with Gasteiger partial charge < -0.3 is 14.0 Å². The molecule has 154 valence electrons. The molecule has 8 heteroatoms. The van der Waals surface area contributed by atoms with Crippen molar-refractivity contribution in [2.24, 2.45) is 0 Å². The Morgan fingerprint density at radius 2 is 1.79 bits per heavy atom. The summed E-state index contributed by atoms with van der Waals surface area (Å²) in [5.41, 5.74) is 2.24. The summed E-state index contributed by atoms with van der Waals surface area (Å²) in [4.78, 5) is 0.229. The molecule has 3 rings (SSSR count). The first-order chi connectivity index (χ1) is 14.0. The molecular formula is C21H24N2O5S. The average Bonchev–Trinajstić information content (AvgIpc) is 3.19. The minimum Gasteiger partial charge on any atom is -0.496 e. The molecule has 0 radical (unpaired) electrons.